The lowest BCUT2D eigenvalue weighted by atomic mass is 10.0. The van der Waals surface area contributed by atoms with Crippen molar-refractivity contribution in [1.82, 2.24) is 0 Å². The number of carbonyl (C=O) groups excluding carboxylic acids is 1. The van der Waals surface area contributed by atoms with Crippen molar-refractivity contribution in [1.29, 1.82) is 0 Å². The molecule has 0 spiro atoms. The van der Waals surface area contributed by atoms with Crippen LogP contribution in [0.1, 0.15) is 29.0 Å². The minimum atomic E-state index is -0.558. The molecule has 0 heterocycles. The lowest BCUT2D eigenvalue weighted by Crippen LogP contribution is -2.02. The van der Waals surface area contributed by atoms with Gasteiger partial charge in [0.25, 0.3) is 0 Å². The van der Waals surface area contributed by atoms with Gasteiger partial charge >= 0.3 is 0 Å². The Morgan fingerprint density at radius 2 is 2.07 bits per heavy atom. The van der Waals surface area contributed by atoms with Crippen molar-refractivity contribution in [3.05, 3.63) is 34.9 Å². The molecule has 1 aromatic carbocycles. The van der Waals surface area contributed by atoms with E-state index in [0.29, 0.717) is 5.88 Å². The smallest absolute Gasteiger partial charge is 0.152 e. The van der Waals surface area contributed by atoms with E-state index in [-0.39, 0.29) is 5.78 Å². The summed E-state index contributed by atoms with van der Waals surface area (Å²) in [5, 5.41) is -0.558. The highest BCUT2D eigenvalue weighted by molar-refractivity contribution is 6.30. The summed E-state index contributed by atoms with van der Waals surface area (Å²) >= 11 is 11.7. The number of ketones is 1. The average Bonchev–Trinajstić information content (AvgIpc) is 2.15. The van der Waals surface area contributed by atoms with Crippen molar-refractivity contribution in [2.75, 3.05) is 0 Å². The van der Waals surface area contributed by atoms with Crippen LogP contribution in [0, 0.1) is 6.92 Å². The molecule has 1 atom stereocenters. The van der Waals surface area contributed by atoms with Gasteiger partial charge < -0.3 is 0 Å². The molecule has 1 aromatic rings. The van der Waals surface area contributed by atoms with E-state index in [1.807, 2.05) is 25.1 Å². The van der Waals surface area contributed by atoms with Gasteiger partial charge in [-0.3, -0.25) is 4.79 Å². The van der Waals surface area contributed by atoms with Gasteiger partial charge in [0.15, 0.2) is 5.78 Å². The largest absolute Gasteiger partial charge is 0.298 e. The maximum Gasteiger partial charge on any atom is 0.152 e. The van der Waals surface area contributed by atoms with Gasteiger partial charge in [0.2, 0.25) is 0 Å². The van der Waals surface area contributed by atoms with Gasteiger partial charge in [-0.25, -0.2) is 0 Å². The Kier molecular flexibility index (Phi) is 3.97. The third kappa shape index (κ3) is 2.73. The third-order valence-electron chi connectivity index (χ3n) is 1.96. The van der Waals surface area contributed by atoms with Crippen LogP contribution in [0.3, 0.4) is 0 Å². The zero-order chi connectivity index (χ0) is 10.7. The molecule has 1 unspecified atom stereocenters. The van der Waals surface area contributed by atoms with Crippen molar-refractivity contribution in [3.63, 3.8) is 0 Å². The van der Waals surface area contributed by atoms with Gasteiger partial charge in [-0.15, -0.1) is 23.2 Å². The van der Waals surface area contributed by atoms with E-state index in [1.54, 1.807) is 0 Å². The van der Waals surface area contributed by atoms with Crippen molar-refractivity contribution < 1.29 is 4.79 Å². The molecule has 0 aliphatic heterocycles. The lowest BCUT2D eigenvalue weighted by Gasteiger charge is -2.08. The summed E-state index contributed by atoms with van der Waals surface area (Å²) in [6.45, 7) is 3.45. The number of hydrogen-bond donors (Lipinski definition) is 0. The lowest BCUT2D eigenvalue weighted by molar-refractivity contribution is -0.116. The van der Waals surface area contributed by atoms with Crippen LogP contribution in [0.15, 0.2) is 18.2 Å². The number of halogens is 2. The minimum absolute atomic E-state index is 0.0437. The second-order valence-electron chi connectivity index (χ2n) is 3.36. The van der Waals surface area contributed by atoms with Crippen LogP contribution in [-0.2, 0) is 10.7 Å². The first-order valence-corrected chi connectivity index (χ1v) is 5.32. The Bertz CT molecular complexity index is 347. The van der Waals surface area contributed by atoms with E-state index < -0.39 is 5.38 Å². The molecule has 1 rings (SSSR count). The van der Waals surface area contributed by atoms with Crippen LogP contribution in [0.25, 0.3) is 0 Å². The van der Waals surface area contributed by atoms with Crippen molar-refractivity contribution >= 4 is 29.0 Å². The highest BCUT2D eigenvalue weighted by atomic mass is 35.5. The Labute approximate surface area is 94.0 Å². The van der Waals surface area contributed by atoms with E-state index in [0.717, 1.165) is 16.7 Å². The Hall–Kier alpha value is -0.530. The molecule has 14 heavy (non-hydrogen) atoms. The zero-order valence-electron chi connectivity index (χ0n) is 8.18. The van der Waals surface area contributed by atoms with E-state index in [9.17, 15) is 4.79 Å². The molecule has 0 saturated heterocycles. The van der Waals surface area contributed by atoms with Crippen LogP contribution in [0.2, 0.25) is 0 Å². The highest BCUT2D eigenvalue weighted by Gasteiger charge is 2.13. The summed E-state index contributed by atoms with van der Waals surface area (Å²) in [6.07, 6.45) is 0. The molecule has 76 valence electrons. The fraction of sp³-hybridized carbons (Fsp3) is 0.364. The number of benzene rings is 1. The monoisotopic (exact) mass is 230 g/mol. The van der Waals surface area contributed by atoms with Crippen LogP contribution in [0.4, 0.5) is 0 Å². The predicted octanol–water partition coefficient (Wildman–Crippen LogP) is 3.60. The Morgan fingerprint density at radius 1 is 1.43 bits per heavy atom. The molecule has 0 bridgehead atoms. The fourth-order valence-corrected chi connectivity index (χ4v) is 1.63. The molecule has 0 radical (unpaired) electrons. The number of rotatable bonds is 3. The van der Waals surface area contributed by atoms with Crippen LogP contribution < -0.4 is 0 Å². The number of Topliss-reactive ketones (excluding diaryl/α,β-unsaturated/α-hetero) is 1. The summed E-state index contributed by atoms with van der Waals surface area (Å²) in [6, 6.07) is 5.77. The number of aryl methyl sites for hydroxylation is 1. The van der Waals surface area contributed by atoms with E-state index >= 15 is 0 Å². The Balaban J connectivity index is 3.08. The van der Waals surface area contributed by atoms with E-state index in [1.165, 1.54) is 6.92 Å². The molecule has 0 N–H and O–H groups in total. The standard InChI is InChI=1S/C11H12Cl2O/c1-7-3-9(6-12)5-10(4-7)11(13)8(2)14/h3-5,11H,6H2,1-2H3. The average molecular weight is 231 g/mol. The van der Waals surface area contributed by atoms with Crippen LogP contribution in [-0.4, -0.2) is 5.78 Å². The molecule has 0 aromatic heterocycles. The quantitative estimate of drug-likeness (QED) is 0.726. The van der Waals surface area contributed by atoms with Gasteiger partial charge in [0, 0.05) is 5.88 Å². The highest BCUT2D eigenvalue weighted by Crippen LogP contribution is 2.24. The summed E-state index contributed by atoms with van der Waals surface area (Å²) in [7, 11) is 0. The second kappa shape index (κ2) is 4.81. The first kappa shape index (κ1) is 11.5. The summed E-state index contributed by atoms with van der Waals surface area (Å²) in [5.74, 6) is 0.397. The summed E-state index contributed by atoms with van der Waals surface area (Å²) < 4.78 is 0. The molecule has 0 amide bonds. The predicted molar refractivity (Wildman–Crippen MR) is 60.0 cm³/mol. The second-order valence-corrected chi connectivity index (χ2v) is 4.06. The van der Waals surface area contributed by atoms with E-state index in [4.69, 9.17) is 23.2 Å². The molecular formula is C11H12Cl2O. The number of alkyl halides is 2. The normalized spacial score (nSPS) is 12.6. The van der Waals surface area contributed by atoms with Crippen molar-refractivity contribution in [2.45, 2.75) is 25.1 Å². The van der Waals surface area contributed by atoms with Crippen LogP contribution >= 0.6 is 23.2 Å². The molecular weight excluding hydrogens is 219 g/mol. The zero-order valence-corrected chi connectivity index (χ0v) is 9.69. The topological polar surface area (TPSA) is 17.1 Å². The first-order valence-electron chi connectivity index (χ1n) is 4.35. The summed E-state index contributed by atoms with van der Waals surface area (Å²) in [4.78, 5) is 11.1. The molecule has 0 aliphatic carbocycles. The maximum atomic E-state index is 11.1. The first-order chi connectivity index (χ1) is 6.54. The van der Waals surface area contributed by atoms with Gasteiger partial charge in [0.1, 0.15) is 5.38 Å². The molecule has 3 heteroatoms. The molecule has 0 saturated carbocycles. The number of hydrogen-bond acceptors (Lipinski definition) is 1. The maximum absolute atomic E-state index is 11.1. The minimum Gasteiger partial charge on any atom is -0.298 e. The van der Waals surface area contributed by atoms with Gasteiger partial charge in [-0.2, -0.15) is 0 Å². The van der Waals surface area contributed by atoms with Crippen molar-refractivity contribution in [3.8, 4) is 0 Å². The SMILES string of the molecule is CC(=O)C(Cl)c1cc(C)cc(CCl)c1. The van der Waals surface area contributed by atoms with Crippen molar-refractivity contribution in [2.24, 2.45) is 0 Å². The third-order valence-corrected chi connectivity index (χ3v) is 2.83. The molecule has 1 nitrogen and oxygen atoms in total. The Morgan fingerprint density at radius 3 is 2.57 bits per heavy atom. The van der Waals surface area contributed by atoms with Crippen LogP contribution in [0.5, 0.6) is 0 Å². The number of carbonyl (C=O) groups is 1. The summed E-state index contributed by atoms with van der Waals surface area (Å²) in [5.41, 5.74) is 2.90. The molecule has 0 aliphatic rings. The van der Waals surface area contributed by atoms with Gasteiger partial charge in [-0.1, -0.05) is 23.8 Å². The molecule has 0 fully saturated rings. The van der Waals surface area contributed by atoms with E-state index in [2.05, 4.69) is 0 Å². The fourth-order valence-electron chi connectivity index (χ4n) is 1.35. The van der Waals surface area contributed by atoms with Gasteiger partial charge in [0.05, 0.1) is 0 Å². The van der Waals surface area contributed by atoms with Gasteiger partial charge in [-0.05, 0) is 25.0 Å².